The van der Waals surface area contributed by atoms with E-state index in [2.05, 4.69) is 22.1 Å². The molecular weight excluding hydrogens is 337 g/mol. The molecular formula is C15H16FN3O2S2. The SMILES string of the molecule is C=CCSc1nnc(NC(=O)[C@H](CC)Oc2ccc(F)cc2)s1. The lowest BCUT2D eigenvalue weighted by Gasteiger charge is -2.16. The Balaban J connectivity index is 1.95. The van der Waals surface area contributed by atoms with Crippen molar-refractivity contribution in [3.8, 4) is 5.75 Å². The van der Waals surface area contributed by atoms with E-state index >= 15 is 0 Å². The van der Waals surface area contributed by atoms with Crippen molar-refractivity contribution in [2.75, 3.05) is 11.1 Å². The van der Waals surface area contributed by atoms with Gasteiger partial charge in [-0.15, -0.1) is 16.8 Å². The van der Waals surface area contributed by atoms with E-state index < -0.39 is 6.10 Å². The lowest BCUT2D eigenvalue weighted by Crippen LogP contribution is -2.32. The molecule has 0 saturated heterocycles. The molecule has 0 unspecified atom stereocenters. The summed E-state index contributed by atoms with van der Waals surface area (Å²) in [5.74, 6) is 0.503. The summed E-state index contributed by atoms with van der Waals surface area (Å²) in [6, 6.07) is 5.54. The molecule has 23 heavy (non-hydrogen) atoms. The lowest BCUT2D eigenvalue weighted by molar-refractivity contribution is -0.122. The fourth-order valence-corrected chi connectivity index (χ4v) is 3.15. The van der Waals surface area contributed by atoms with Gasteiger partial charge in [0.1, 0.15) is 11.6 Å². The number of nitrogens with one attached hydrogen (secondary N) is 1. The lowest BCUT2D eigenvalue weighted by atomic mass is 10.2. The van der Waals surface area contributed by atoms with Gasteiger partial charge >= 0.3 is 0 Å². The van der Waals surface area contributed by atoms with E-state index in [1.54, 1.807) is 6.08 Å². The maximum atomic E-state index is 12.9. The van der Waals surface area contributed by atoms with Gasteiger partial charge in [0, 0.05) is 5.75 Å². The molecule has 8 heteroatoms. The number of benzene rings is 1. The minimum absolute atomic E-state index is 0.312. The normalized spacial score (nSPS) is 11.7. The largest absolute Gasteiger partial charge is 0.481 e. The predicted octanol–water partition coefficient (Wildman–Crippen LogP) is 3.75. The highest BCUT2D eigenvalue weighted by Gasteiger charge is 2.20. The van der Waals surface area contributed by atoms with Crippen LogP contribution >= 0.6 is 23.1 Å². The molecule has 1 N–H and O–H groups in total. The molecule has 1 aromatic heterocycles. The topological polar surface area (TPSA) is 64.1 Å². The zero-order valence-corrected chi connectivity index (χ0v) is 14.1. The van der Waals surface area contributed by atoms with Crippen LogP contribution < -0.4 is 10.1 Å². The number of nitrogens with zero attached hydrogens (tertiary/aromatic N) is 2. The minimum atomic E-state index is -0.686. The van der Waals surface area contributed by atoms with Crippen molar-refractivity contribution in [3.05, 3.63) is 42.7 Å². The first-order chi connectivity index (χ1) is 11.1. The number of ether oxygens (including phenoxy) is 1. The van der Waals surface area contributed by atoms with E-state index in [0.29, 0.717) is 17.3 Å². The first-order valence-corrected chi connectivity index (χ1v) is 8.73. The molecule has 0 aliphatic carbocycles. The summed E-state index contributed by atoms with van der Waals surface area (Å²) in [5, 5.41) is 11.0. The zero-order valence-electron chi connectivity index (χ0n) is 12.5. The number of carbonyl (C=O) groups excluding carboxylic acids is 1. The van der Waals surface area contributed by atoms with E-state index in [9.17, 15) is 9.18 Å². The van der Waals surface area contributed by atoms with Crippen LogP contribution in [0.3, 0.4) is 0 Å². The Morgan fingerprint density at radius 1 is 1.48 bits per heavy atom. The highest BCUT2D eigenvalue weighted by Crippen LogP contribution is 2.25. The van der Waals surface area contributed by atoms with Crippen molar-refractivity contribution in [2.24, 2.45) is 0 Å². The average Bonchev–Trinajstić information content (AvgIpc) is 2.99. The summed E-state index contributed by atoms with van der Waals surface area (Å²) < 4.78 is 19.2. The van der Waals surface area contributed by atoms with Gasteiger partial charge in [0.05, 0.1) is 0 Å². The molecule has 1 heterocycles. The zero-order chi connectivity index (χ0) is 16.7. The van der Waals surface area contributed by atoms with Crippen LogP contribution in [0.25, 0.3) is 0 Å². The number of hydrogen-bond acceptors (Lipinski definition) is 6. The van der Waals surface area contributed by atoms with Crippen LogP contribution in [0.2, 0.25) is 0 Å². The molecule has 0 aliphatic rings. The van der Waals surface area contributed by atoms with Gasteiger partial charge in [0.15, 0.2) is 10.4 Å². The smallest absolute Gasteiger partial charge is 0.267 e. The van der Waals surface area contributed by atoms with E-state index in [1.807, 2.05) is 6.92 Å². The summed E-state index contributed by atoms with van der Waals surface area (Å²) in [6.45, 7) is 5.47. The first-order valence-electron chi connectivity index (χ1n) is 6.92. The molecule has 122 valence electrons. The molecule has 0 aliphatic heterocycles. The fourth-order valence-electron chi connectivity index (χ4n) is 1.63. The fraction of sp³-hybridized carbons (Fsp3) is 0.267. The van der Waals surface area contributed by atoms with Crippen LogP contribution in [-0.2, 0) is 4.79 Å². The Hall–Kier alpha value is -1.93. The Morgan fingerprint density at radius 2 is 2.22 bits per heavy atom. The summed E-state index contributed by atoms with van der Waals surface area (Å²) in [5.41, 5.74) is 0. The number of thioether (sulfide) groups is 1. The van der Waals surface area contributed by atoms with Gasteiger partial charge in [-0.25, -0.2) is 4.39 Å². The Kier molecular flexibility index (Phi) is 6.54. The molecule has 0 bridgehead atoms. The predicted molar refractivity (Wildman–Crippen MR) is 90.6 cm³/mol. The summed E-state index contributed by atoms with van der Waals surface area (Å²) >= 11 is 2.79. The summed E-state index contributed by atoms with van der Waals surface area (Å²) in [4.78, 5) is 12.2. The second-order valence-electron chi connectivity index (χ2n) is 4.43. The van der Waals surface area contributed by atoms with Crippen molar-refractivity contribution in [1.82, 2.24) is 10.2 Å². The Labute approximate surface area is 142 Å². The molecule has 1 atom stereocenters. The van der Waals surface area contributed by atoms with Crippen molar-refractivity contribution in [3.63, 3.8) is 0 Å². The summed E-state index contributed by atoms with van der Waals surface area (Å²) in [7, 11) is 0. The molecule has 2 rings (SSSR count). The molecule has 0 spiro atoms. The highest BCUT2D eigenvalue weighted by molar-refractivity contribution is 8.01. The summed E-state index contributed by atoms with van der Waals surface area (Å²) in [6.07, 6.45) is 1.56. The van der Waals surface area contributed by atoms with Crippen LogP contribution in [0.15, 0.2) is 41.3 Å². The third kappa shape index (κ3) is 5.33. The molecule has 0 radical (unpaired) electrons. The second kappa shape index (κ2) is 8.64. The average molecular weight is 353 g/mol. The van der Waals surface area contributed by atoms with Crippen molar-refractivity contribution in [1.29, 1.82) is 0 Å². The van der Waals surface area contributed by atoms with Crippen LogP contribution in [0.5, 0.6) is 5.75 Å². The highest BCUT2D eigenvalue weighted by atomic mass is 32.2. The third-order valence-corrected chi connectivity index (χ3v) is 4.68. The van der Waals surface area contributed by atoms with Gasteiger partial charge < -0.3 is 4.74 Å². The number of amides is 1. The molecule has 0 fully saturated rings. The number of halogens is 1. The quantitative estimate of drug-likeness (QED) is 0.445. The van der Waals surface area contributed by atoms with Gasteiger partial charge in [0.2, 0.25) is 5.13 Å². The van der Waals surface area contributed by atoms with Gasteiger partial charge in [-0.3, -0.25) is 10.1 Å². The van der Waals surface area contributed by atoms with Crippen molar-refractivity contribution < 1.29 is 13.9 Å². The number of rotatable bonds is 8. The van der Waals surface area contributed by atoms with Crippen molar-refractivity contribution >= 4 is 34.1 Å². The van der Waals surface area contributed by atoms with Crippen LogP contribution in [0, 0.1) is 5.82 Å². The minimum Gasteiger partial charge on any atom is -0.481 e. The maximum absolute atomic E-state index is 12.9. The Bertz CT molecular complexity index is 661. The third-order valence-electron chi connectivity index (χ3n) is 2.72. The van der Waals surface area contributed by atoms with E-state index in [1.165, 1.54) is 47.4 Å². The van der Waals surface area contributed by atoms with Gasteiger partial charge in [-0.2, -0.15) is 0 Å². The van der Waals surface area contributed by atoms with Gasteiger partial charge in [-0.05, 0) is 30.7 Å². The van der Waals surface area contributed by atoms with Crippen molar-refractivity contribution in [2.45, 2.75) is 23.8 Å². The number of anilines is 1. The molecule has 0 saturated carbocycles. The van der Waals surface area contributed by atoms with Gasteiger partial charge in [-0.1, -0.05) is 36.1 Å². The number of hydrogen-bond donors (Lipinski definition) is 1. The van der Waals surface area contributed by atoms with E-state index in [-0.39, 0.29) is 11.7 Å². The monoisotopic (exact) mass is 353 g/mol. The second-order valence-corrected chi connectivity index (χ2v) is 6.68. The molecule has 2 aromatic rings. The number of carbonyl (C=O) groups is 1. The van der Waals surface area contributed by atoms with Gasteiger partial charge in [0.25, 0.3) is 5.91 Å². The molecule has 1 amide bonds. The Morgan fingerprint density at radius 3 is 2.87 bits per heavy atom. The number of aromatic nitrogens is 2. The molecule has 1 aromatic carbocycles. The first kappa shape index (κ1) is 17.4. The maximum Gasteiger partial charge on any atom is 0.267 e. The van der Waals surface area contributed by atoms with E-state index in [4.69, 9.17) is 4.74 Å². The van der Waals surface area contributed by atoms with Crippen LogP contribution in [-0.4, -0.2) is 28.0 Å². The van der Waals surface area contributed by atoms with Crippen LogP contribution in [0.1, 0.15) is 13.3 Å². The molecule has 5 nitrogen and oxygen atoms in total. The van der Waals surface area contributed by atoms with E-state index in [0.717, 1.165) is 10.1 Å². The van der Waals surface area contributed by atoms with Crippen LogP contribution in [0.4, 0.5) is 9.52 Å². The standard InChI is InChI=1S/C15H16FN3O2S2/c1-3-9-22-15-19-18-14(23-15)17-13(20)12(4-2)21-11-7-5-10(16)6-8-11/h3,5-8,12H,1,4,9H2,2H3,(H,17,18,20)/t12-/m0/s1.